The number of rotatable bonds is 3. The van der Waals surface area contributed by atoms with Gasteiger partial charge in [0.2, 0.25) is 0 Å². The molecule has 0 radical (unpaired) electrons. The van der Waals surface area contributed by atoms with Gasteiger partial charge in [0, 0.05) is 24.2 Å². The molecule has 3 rings (SSSR count). The van der Waals surface area contributed by atoms with Gasteiger partial charge in [-0.1, -0.05) is 18.2 Å². The van der Waals surface area contributed by atoms with Crippen LogP contribution in [0.1, 0.15) is 25.3 Å². The average molecular weight is 274 g/mol. The molecule has 0 aliphatic carbocycles. The van der Waals surface area contributed by atoms with Crippen molar-refractivity contribution < 1.29 is 9.90 Å². The van der Waals surface area contributed by atoms with E-state index in [0.717, 1.165) is 39.0 Å². The van der Waals surface area contributed by atoms with Gasteiger partial charge in [0.05, 0.1) is 6.54 Å². The van der Waals surface area contributed by atoms with Crippen molar-refractivity contribution in [2.24, 2.45) is 0 Å². The SMILES string of the molecule is CCN1CC2(CCN(CC(=O)O)CC2)c2ccccc21. The monoisotopic (exact) mass is 274 g/mol. The van der Waals surface area contributed by atoms with Crippen LogP contribution in [0.25, 0.3) is 0 Å². The van der Waals surface area contributed by atoms with Crippen molar-refractivity contribution in [2.75, 3.05) is 37.6 Å². The van der Waals surface area contributed by atoms with Gasteiger partial charge < -0.3 is 10.0 Å². The molecule has 2 aliphatic heterocycles. The summed E-state index contributed by atoms with van der Waals surface area (Å²) in [5, 5.41) is 8.91. The van der Waals surface area contributed by atoms with Gasteiger partial charge in [0.25, 0.3) is 0 Å². The first kappa shape index (κ1) is 13.4. The van der Waals surface area contributed by atoms with Crippen molar-refractivity contribution in [3.63, 3.8) is 0 Å². The van der Waals surface area contributed by atoms with Crippen LogP contribution in [0, 0.1) is 0 Å². The topological polar surface area (TPSA) is 43.8 Å². The fourth-order valence-corrected chi connectivity index (χ4v) is 3.77. The van der Waals surface area contributed by atoms with Gasteiger partial charge in [-0.3, -0.25) is 9.69 Å². The van der Waals surface area contributed by atoms with Crippen molar-refractivity contribution in [3.8, 4) is 0 Å². The zero-order valence-corrected chi connectivity index (χ0v) is 12.0. The smallest absolute Gasteiger partial charge is 0.317 e. The Hall–Kier alpha value is -1.55. The van der Waals surface area contributed by atoms with Gasteiger partial charge in [-0.05, 0) is 44.5 Å². The lowest BCUT2D eigenvalue weighted by Crippen LogP contribution is -2.46. The molecule has 108 valence electrons. The number of benzene rings is 1. The molecule has 1 aromatic carbocycles. The van der Waals surface area contributed by atoms with E-state index in [2.05, 4.69) is 41.0 Å². The Morgan fingerprint density at radius 3 is 2.65 bits per heavy atom. The standard InChI is InChI=1S/C16H22N2O2/c1-2-18-12-16(13-5-3-4-6-14(13)18)7-9-17(10-8-16)11-15(19)20/h3-6H,2,7-12H2,1H3,(H,19,20). The van der Waals surface area contributed by atoms with E-state index in [9.17, 15) is 4.79 Å². The van der Waals surface area contributed by atoms with Gasteiger partial charge >= 0.3 is 5.97 Å². The van der Waals surface area contributed by atoms with Crippen molar-refractivity contribution in [2.45, 2.75) is 25.2 Å². The number of likely N-dealkylation sites (N-methyl/N-ethyl adjacent to an activating group) is 1. The lowest BCUT2D eigenvalue weighted by atomic mass is 9.74. The Balaban J connectivity index is 1.80. The van der Waals surface area contributed by atoms with Gasteiger partial charge in [0.15, 0.2) is 0 Å². The maximum Gasteiger partial charge on any atom is 0.317 e. The number of nitrogens with zero attached hydrogens (tertiary/aromatic N) is 2. The first-order valence-electron chi connectivity index (χ1n) is 7.43. The molecular formula is C16H22N2O2. The maximum atomic E-state index is 10.8. The molecule has 1 spiro atoms. The zero-order chi connectivity index (χ0) is 14.2. The Bertz CT molecular complexity index is 507. The molecule has 0 amide bonds. The van der Waals surface area contributed by atoms with E-state index < -0.39 is 5.97 Å². The van der Waals surface area contributed by atoms with Crippen LogP contribution < -0.4 is 4.90 Å². The Morgan fingerprint density at radius 1 is 1.30 bits per heavy atom. The minimum atomic E-state index is -0.719. The summed E-state index contributed by atoms with van der Waals surface area (Å²) in [7, 11) is 0. The molecule has 0 unspecified atom stereocenters. The molecule has 0 saturated carbocycles. The third-order valence-corrected chi connectivity index (χ3v) is 4.86. The number of aliphatic carboxylic acids is 1. The van der Waals surface area contributed by atoms with Crippen molar-refractivity contribution in [1.29, 1.82) is 0 Å². The second-order valence-electron chi connectivity index (χ2n) is 5.98. The number of fused-ring (bicyclic) bond motifs is 2. The lowest BCUT2D eigenvalue weighted by Gasteiger charge is -2.39. The largest absolute Gasteiger partial charge is 0.480 e. The van der Waals surface area contributed by atoms with E-state index in [1.807, 2.05) is 0 Å². The highest BCUT2D eigenvalue weighted by molar-refractivity contribution is 5.69. The normalized spacial score (nSPS) is 21.1. The maximum absolute atomic E-state index is 10.8. The van der Waals surface area contributed by atoms with Crippen LogP contribution in [0.2, 0.25) is 0 Å². The van der Waals surface area contributed by atoms with Crippen LogP contribution in [-0.2, 0) is 10.2 Å². The number of para-hydroxylation sites is 1. The molecule has 0 aromatic heterocycles. The molecule has 1 fully saturated rings. The number of piperidine rings is 1. The van der Waals surface area contributed by atoms with Crippen LogP contribution in [-0.4, -0.2) is 48.7 Å². The molecule has 20 heavy (non-hydrogen) atoms. The zero-order valence-electron chi connectivity index (χ0n) is 12.0. The molecule has 2 heterocycles. The third-order valence-electron chi connectivity index (χ3n) is 4.86. The van der Waals surface area contributed by atoms with E-state index in [1.54, 1.807) is 0 Å². The van der Waals surface area contributed by atoms with Gasteiger partial charge in [-0.15, -0.1) is 0 Å². The number of carboxylic acid groups (broad SMARTS) is 1. The summed E-state index contributed by atoms with van der Waals surface area (Å²) in [6, 6.07) is 8.72. The summed E-state index contributed by atoms with van der Waals surface area (Å²) in [5.74, 6) is -0.719. The second-order valence-corrected chi connectivity index (χ2v) is 5.98. The summed E-state index contributed by atoms with van der Waals surface area (Å²) >= 11 is 0. The lowest BCUT2D eigenvalue weighted by molar-refractivity contribution is -0.138. The van der Waals surface area contributed by atoms with Gasteiger partial charge in [0.1, 0.15) is 0 Å². The van der Waals surface area contributed by atoms with Gasteiger partial charge in [-0.2, -0.15) is 0 Å². The Labute approximate surface area is 120 Å². The van der Waals surface area contributed by atoms with Crippen LogP contribution in [0.4, 0.5) is 5.69 Å². The first-order valence-corrected chi connectivity index (χ1v) is 7.43. The second kappa shape index (κ2) is 5.09. The highest BCUT2D eigenvalue weighted by Gasteiger charge is 2.43. The van der Waals surface area contributed by atoms with Crippen LogP contribution >= 0.6 is 0 Å². The van der Waals surface area contributed by atoms with Crippen molar-refractivity contribution >= 4 is 11.7 Å². The number of likely N-dealkylation sites (tertiary alicyclic amines) is 1. The predicted molar refractivity (Wildman–Crippen MR) is 79.3 cm³/mol. The molecule has 1 N–H and O–H groups in total. The van der Waals surface area contributed by atoms with E-state index in [-0.39, 0.29) is 12.0 Å². The molecule has 1 saturated heterocycles. The minimum Gasteiger partial charge on any atom is -0.480 e. The van der Waals surface area contributed by atoms with E-state index in [1.165, 1.54) is 11.3 Å². The molecule has 4 nitrogen and oxygen atoms in total. The molecule has 0 atom stereocenters. The molecule has 1 aromatic rings. The van der Waals surface area contributed by atoms with Gasteiger partial charge in [-0.25, -0.2) is 0 Å². The van der Waals surface area contributed by atoms with Crippen molar-refractivity contribution in [3.05, 3.63) is 29.8 Å². The molecule has 2 aliphatic rings. The van der Waals surface area contributed by atoms with Crippen molar-refractivity contribution in [1.82, 2.24) is 4.90 Å². The van der Waals surface area contributed by atoms with Crippen LogP contribution in [0.5, 0.6) is 0 Å². The van der Waals surface area contributed by atoms with E-state index in [0.29, 0.717) is 0 Å². The summed E-state index contributed by atoms with van der Waals surface area (Å²) in [4.78, 5) is 15.3. The summed E-state index contributed by atoms with van der Waals surface area (Å²) in [5.41, 5.74) is 3.08. The highest BCUT2D eigenvalue weighted by Crippen LogP contribution is 2.46. The summed E-state index contributed by atoms with van der Waals surface area (Å²) < 4.78 is 0. The number of hydrogen-bond donors (Lipinski definition) is 1. The minimum absolute atomic E-state index is 0.176. The fraction of sp³-hybridized carbons (Fsp3) is 0.562. The molecule has 4 heteroatoms. The average Bonchev–Trinajstić information content (AvgIpc) is 2.76. The quantitative estimate of drug-likeness (QED) is 0.915. The van der Waals surface area contributed by atoms with E-state index in [4.69, 9.17) is 5.11 Å². The number of carbonyl (C=O) groups is 1. The first-order chi connectivity index (χ1) is 9.64. The van der Waals surface area contributed by atoms with E-state index >= 15 is 0 Å². The third kappa shape index (κ3) is 2.18. The van der Waals surface area contributed by atoms with Crippen LogP contribution in [0.3, 0.4) is 0 Å². The highest BCUT2D eigenvalue weighted by atomic mass is 16.4. The Kier molecular flexibility index (Phi) is 3.42. The molecular weight excluding hydrogens is 252 g/mol. The molecule has 0 bridgehead atoms. The Morgan fingerprint density at radius 2 is 2.00 bits per heavy atom. The number of carboxylic acids is 1. The number of anilines is 1. The predicted octanol–water partition coefficient (Wildman–Crippen LogP) is 1.94. The summed E-state index contributed by atoms with van der Waals surface area (Å²) in [6.07, 6.45) is 2.13. The van der Waals surface area contributed by atoms with Crippen LogP contribution in [0.15, 0.2) is 24.3 Å². The summed E-state index contributed by atoms with van der Waals surface area (Å²) in [6.45, 7) is 6.28. The fourth-order valence-electron chi connectivity index (χ4n) is 3.77. The number of hydrogen-bond acceptors (Lipinski definition) is 3.